The second kappa shape index (κ2) is 6.36. The van der Waals surface area contributed by atoms with Gasteiger partial charge in [0.2, 0.25) is 0 Å². The summed E-state index contributed by atoms with van der Waals surface area (Å²) >= 11 is 1.85. The first-order chi connectivity index (χ1) is 9.08. The Kier molecular flexibility index (Phi) is 4.78. The van der Waals surface area contributed by atoms with E-state index in [9.17, 15) is 0 Å². The van der Waals surface area contributed by atoms with E-state index in [2.05, 4.69) is 73.9 Å². The van der Waals surface area contributed by atoms with Gasteiger partial charge >= 0.3 is 0 Å². The third-order valence-corrected chi connectivity index (χ3v) is 4.70. The number of hydrogen-bond acceptors (Lipinski definition) is 2. The molecule has 0 spiro atoms. The molecule has 1 nitrogen and oxygen atoms in total. The maximum atomic E-state index is 3.67. The average Bonchev–Trinajstić information content (AvgIpc) is 2.92. The SMILES string of the molecule is CC(Cc1ccccc1)NCC(C)(C)c1cccs1. The van der Waals surface area contributed by atoms with E-state index in [0.29, 0.717) is 6.04 Å². The number of hydrogen-bond donors (Lipinski definition) is 1. The van der Waals surface area contributed by atoms with E-state index < -0.39 is 0 Å². The Morgan fingerprint density at radius 1 is 1.11 bits per heavy atom. The van der Waals surface area contributed by atoms with Gasteiger partial charge in [-0.25, -0.2) is 0 Å². The first kappa shape index (κ1) is 14.3. The van der Waals surface area contributed by atoms with Gasteiger partial charge in [0, 0.05) is 22.9 Å². The maximum absolute atomic E-state index is 3.67. The van der Waals surface area contributed by atoms with Gasteiger partial charge in [-0.3, -0.25) is 0 Å². The molecular formula is C17H23NS. The lowest BCUT2D eigenvalue weighted by Crippen LogP contribution is -2.38. The number of rotatable bonds is 6. The van der Waals surface area contributed by atoms with Crippen LogP contribution in [-0.4, -0.2) is 12.6 Å². The van der Waals surface area contributed by atoms with Gasteiger partial charge in [0.1, 0.15) is 0 Å². The number of thiophene rings is 1. The topological polar surface area (TPSA) is 12.0 Å². The molecular weight excluding hydrogens is 250 g/mol. The zero-order chi connectivity index (χ0) is 13.7. The van der Waals surface area contributed by atoms with Crippen molar-refractivity contribution in [3.63, 3.8) is 0 Å². The van der Waals surface area contributed by atoms with Crippen molar-refractivity contribution in [2.24, 2.45) is 0 Å². The van der Waals surface area contributed by atoms with Gasteiger partial charge in [0.25, 0.3) is 0 Å². The van der Waals surface area contributed by atoms with E-state index in [4.69, 9.17) is 0 Å². The van der Waals surface area contributed by atoms with Crippen molar-refractivity contribution in [1.82, 2.24) is 5.32 Å². The van der Waals surface area contributed by atoms with E-state index in [1.54, 1.807) is 0 Å². The molecule has 19 heavy (non-hydrogen) atoms. The lowest BCUT2D eigenvalue weighted by Gasteiger charge is -2.26. The molecule has 0 aliphatic carbocycles. The summed E-state index contributed by atoms with van der Waals surface area (Å²) in [7, 11) is 0. The highest BCUT2D eigenvalue weighted by Gasteiger charge is 2.21. The molecule has 1 aromatic carbocycles. The van der Waals surface area contributed by atoms with Crippen molar-refractivity contribution in [2.75, 3.05) is 6.54 Å². The van der Waals surface area contributed by atoms with Crippen LogP contribution < -0.4 is 5.32 Å². The maximum Gasteiger partial charge on any atom is 0.0115 e. The third kappa shape index (κ3) is 4.19. The Labute approximate surface area is 120 Å². The van der Waals surface area contributed by atoms with Crippen LogP contribution in [0.3, 0.4) is 0 Å². The molecule has 0 amide bonds. The number of nitrogens with one attached hydrogen (secondary N) is 1. The molecule has 1 unspecified atom stereocenters. The van der Waals surface area contributed by atoms with E-state index in [1.807, 2.05) is 11.3 Å². The Hall–Kier alpha value is -1.12. The molecule has 2 aromatic rings. The molecule has 1 atom stereocenters. The summed E-state index contributed by atoms with van der Waals surface area (Å²) in [6.45, 7) is 7.89. The predicted octanol–water partition coefficient (Wildman–Crippen LogP) is 4.25. The van der Waals surface area contributed by atoms with Crippen LogP contribution in [0.15, 0.2) is 47.8 Å². The Morgan fingerprint density at radius 2 is 1.84 bits per heavy atom. The lowest BCUT2D eigenvalue weighted by atomic mass is 9.91. The van der Waals surface area contributed by atoms with Gasteiger partial charge in [0.15, 0.2) is 0 Å². The molecule has 2 rings (SSSR count). The minimum atomic E-state index is 0.207. The summed E-state index contributed by atoms with van der Waals surface area (Å²) in [6.07, 6.45) is 1.08. The van der Waals surface area contributed by atoms with Crippen LogP contribution in [0, 0.1) is 0 Å². The highest BCUT2D eigenvalue weighted by atomic mass is 32.1. The molecule has 1 N–H and O–H groups in total. The van der Waals surface area contributed by atoms with Gasteiger partial charge in [-0.15, -0.1) is 11.3 Å². The van der Waals surface area contributed by atoms with E-state index in [1.165, 1.54) is 10.4 Å². The van der Waals surface area contributed by atoms with Crippen molar-refractivity contribution < 1.29 is 0 Å². The van der Waals surface area contributed by atoms with E-state index in [0.717, 1.165) is 13.0 Å². The summed E-state index contributed by atoms with van der Waals surface area (Å²) in [5, 5.41) is 5.82. The monoisotopic (exact) mass is 273 g/mol. The molecule has 1 aromatic heterocycles. The quantitative estimate of drug-likeness (QED) is 0.830. The van der Waals surface area contributed by atoms with Crippen LogP contribution in [0.1, 0.15) is 31.2 Å². The van der Waals surface area contributed by atoms with Crippen LogP contribution in [-0.2, 0) is 11.8 Å². The van der Waals surface area contributed by atoms with E-state index >= 15 is 0 Å². The van der Waals surface area contributed by atoms with Crippen LogP contribution in [0.5, 0.6) is 0 Å². The van der Waals surface area contributed by atoms with Crippen molar-refractivity contribution in [3.8, 4) is 0 Å². The Morgan fingerprint density at radius 3 is 2.47 bits per heavy atom. The fraction of sp³-hybridized carbons (Fsp3) is 0.412. The molecule has 0 aliphatic rings. The highest BCUT2D eigenvalue weighted by Crippen LogP contribution is 2.26. The normalized spacial score (nSPS) is 13.4. The van der Waals surface area contributed by atoms with Crippen molar-refractivity contribution >= 4 is 11.3 Å². The van der Waals surface area contributed by atoms with Crippen molar-refractivity contribution in [2.45, 2.75) is 38.6 Å². The summed E-state index contributed by atoms with van der Waals surface area (Å²) in [4.78, 5) is 1.45. The molecule has 102 valence electrons. The van der Waals surface area contributed by atoms with Crippen LogP contribution in [0.25, 0.3) is 0 Å². The van der Waals surface area contributed by atoms with Gasteiger partial charge in [0.05, 0.1) is 0 Å². The van der Waals surface area contributed by atoms with Crippen LogP contribution in [0.4, 0.5) is 0 Å². The summed E-state index contributed by atoms with van der Waals surface area (Å²) < 4.78 is 0. The third-order valence-electron chi connectivity index (χ3n) is 3.47. The summed E-state index contributed by atoms with van der Waals surface area (Å²) in [5.41, 5.74) is 1.61. The molecule has 2 heteroatoms. The lowest BCUT2D eigenvalue weighted by molar-refractivity contribution is 0.433. The molecule has 0 fully saturated rings. The minimum Gasteiger partial charge on any atom is -0.313 e. The van der Waals surface area contributed by atoms with E-state index in [-0.39, 0.29) is 5.41 Å². The molecule has 0 saturated heterocycles. The molecule has 0 saturated carbocycles. The first-order valence-corrected chi connectivity index (χ1v) is 7.77. The van der Waals surface area contributed by atoms with Gasteiger partial charge in [-0.2, -0.15) is 0 Å². The average molecular weight is 273 g/mol. The standard InChI is InChI=1S/C17H23NS/c1-14(12-15-8-5-4-6-9-15)18-13-17(2,3)16-10-7-11-19-16/h4-11,14,18H,12-13H2,1-3H3. The molecule has 0 radical (unpaired) electrons. The smallest absolute Gasteiger partial charge is 0.0115 e. The van der Waals surface area contributed by atoms with Crippen molar-refractivity contribution in [3.05, 3.63) is 58.3 Å². The largest absolute Gasteiger partial charge is 0.313 e. The van der Waals surface area contributed by atoms with Gasteiger partial charge in [-0.1, -0.05) is 50.2 Å². The van der Waals surface area contributed by atoms with Crippen molar-refractivity contribution in [1.29, 1.82) is 0 Å². The predicted molar refractivity (Wildman–Crippen MR) is 85.0 cm³/mol. The van der Waals surface area contributed by atoms with Gasteiger partial charge < -0.3 is 5.32 Å². The zero-order valence-electron chi connectivity index (χ0n) is 12.0. The Balaban J connectivity index is 1.85. The first-order valence-electron chi connectivity index (χ1n) is 6.89. The highest BCUT2D eigenvalue weighted by molar-refractivity contribution is 7.10. The molecule has 0 bridgehead atoms. The fourth-order valence-electron chi connectivity index (χ4n) is 2.22. The summed E-state index contributed by atoms with van der Waals surface area (Å²) in [6, 6.07) is 15.5. The Bertz CT molecular complexity index is 473. The van der Waals surface area contributed by atoms with Crippen LogP contribution in [0.2, 0.25) is 0 Å². The zero-order valence-corrected chi connectivity index (χ0v) is 12.8. The molecule has 1 heterocycles. The second-order valence-electron chi connectivity index (χ2n) is 5.83. The molecule has 0 aliphatic heterocycles. The minimum absolute atomic E-state index is 0.207. The summed E-state index contributed by atoms with van der Waals surface area (Å²) in [5.74, 6) is 0. The van der Waals surface area contributed by atoms with Crippen LogP contribution >= 0.6 is 11.3 Å². The number of benzene rings is 1. The van der Waals surface area contributed by atoms with Gasteiger partial charge in [-0.05, 0) is 30.4 Å². The second-order valence-corrected chi connectivity index (χ2v) is 6.78. The fourth-order valence-corrected chi connectivity index (χ4v) is 3.07.